The fraction of sp³-hybridized carbons (Fsp3) is 0.381. The summed E-state index contributed by atoms with van der Waals surface area (Å²) in [6, 6.07) is 11.7. The van der Waals surface area contributed by atoms with Crippen molar-refractivity contribution in [2.75, 3.05) is 50.7 Å². The van der Waals surface area contributed by atoms with E-state index in [1.165, 1.54) is 0 Å². The molecule has 1 amide bonds. The summed E-state index contributed by atoms with van der Waals surface area (Å²) in [4.78, 5) is 23.7. The zero-order valence-corrected chi connectivity index (χ0v) is 15.8. The minimum Gasteiger partial charge on any atom is -0.354 e. The molecule has 0 spiro atoms. The predicted molar refractivity (Wildman–Crippen MR) is 107 cm³/mol. The van der Waals surface area contributed by atoms with Gasteiger partial charge in [-0.25, -0.2) is 0 Å². The van der Waals surface area contributed by atoms with Crippen LogP contribution >= 0.6 is 0 Å². The normalized spacial score (nSPS) is 17.9. The van der Waals surface area contributed by atoms with Gasteiger partial charge in [0.15, 0.2) is 11.4 Å². The van der Waals surface area contributed by atoms with Gasteiger partial charge in [0, 0.05) is 58.4 Å². The first-order valence-corrected chi connectivity index (χ1v) is 9.84. The van der Waals surface area contributed by atoms with Crippen molar-refractivity contribution in [1.82, 2.24) is 19.9 Å². The van der Waals surface area contributed by atoms with E-state index in [9.17, 15) is 4.79 Å². The lowest BCUT2D eigenvalue weighted by atomic mass is 10.1. The molecule has 7 heteroatoms. The lowest BCUT2D eigenvalue weighted by Gasteiger charge is -2.36. The van der Waals surface area contributed by atoms with Gasteiger partial charge in [-0.2, -0.15) is 0 Å². The van der Waals surface area contributed by atoms with Crippen molar-refractivity contribution in [3.05, 3.63) is 53.9 Å². The molecule has 1 aromatic carbocycles. The van der Waals surface area contributed by atoms with Gasteiger partial charge >= 0.3 is 0 Å². The van der Waals surface area contributed by atoms with E-state index in [1.807, 2.05) is 35.2 Å². The highest BCUT2D eigenvalue weighted by Crippen LogP contribution is 2.26. The summed E-state index contributed by atoms with van der Waals surface area (Å²) in [5.74, 6) is 1.05. The van der Waals surface area contributed by atoms with Gasteiger partial charge in [-0.1, -0.05) is 17.3 Å². The molecule has 28 heavy (non-hydrogen) atoms. The molecule has 5 rings (SSSR count). The first-order valence-electron chi connectivity index (χ1n) is 9.84. The molecular formula is C21H23N5O2. The molecule has 7 nitrogen and oxygen atoms in total. The molecule has 1 fully saturated rings. The molecule has 1 saturated heterocycles. The maximum Gasteiger partial charge on any atom is 0.255 e. The van der Waals surface area contributed by atoms with Gasteiger partial charge in [0.2, 0.25) is 0 Å². The van der Waals surface area contributed by atoms with Crippen LogP contribution in [0.4, 0.5) is 5.82 Å². The van der Waals surface area contributed by atoms with Crippen molar-refractivity contribution in [2.24, 2.45) is 0 Å². The van der Waals surface area contributed by atoms with Crippen LogP contribution < -0.4 is 4.90 Å². The van der Waals surface area contributed by atoms with Crippen molar-refractivity contribution in [3.63, 3.8) is 0 Å². The summed E-state index contributed by atoms with van der Waals surface area (Å²) in [7, 11) is 0. The first-order chi connectivity index (χ1) is 13.8. The van der Waals surface area contributed by atoms with Gasteiger partial charge in [0.05, 0.1) is 16.6 Å². The largest absolute Gasteiger partial charge is 0.354 e. The monoisotopic (exact) mass is 377 g/mol. The van der Waals surface area contributed by atoms with Crippen LogP contribution in [-0.2, 0) is 6.42 Å². The van der Waals surface area contributed by atoms with E-state index in [2.05, 4.69) is 26.0 Å². The van der Waals surface area contributed by atoms with Crippen LogP contribution in [0.3, 0.4) is 0 Å². The highest BCUT2D eigenvalue weighted by molar-refractivity contribution is 5.96. The number of anilines is 1. The standard InChI is InChI=1S/C21H23N5O2/c27-21-16-5-3-8-22-18(16)7-9-26(21)15-12-24-10-13-25(14-11-24)20-17-4-1-2-6-19(17)28-23-20/h1-6,8H,7,9-15H2. The minimum absolute atomic E-state index is 0.113. The third-order valence-corrected chi connectivity index (χ3v) is 5.74. The average molecular weight is 377 g/mol. The molecule has 2 aliphatic rings. The molecule has 0 radical (unpaired) electrons. The number of hydrogen-bond donors (Lipinski definition) is 0. The van der Waals surface area contributed by atoms with Gasteiger partial charge < -0.3 is 14.3 Å². The Labute approximate surface area is 163 Å². The summed E-state index contributed by atoms with van der Waals surface area (Å²) >= 11 is 0. The lowest BCUT2D eigenvalue weighted by molar-refractivity contribution is 0.0715. The number of benzene rings is 1. The first kappa shape index (κ1) is 17.2. The van der Waals surface area contributed by atoms with Crippen LogP contribution in [0.5, 0.6) is 0 Å². The number of fused-ring (bicyclic) bond motifs is 2. The maximum atomic E-state index is 12.7. The summed E-state index contributed by atoms with van der Waals surface area (Å²) < 4.78 is 5.44. The molecule has 0 aliphatic carbocycles. The van der Waals surface area contributed by atoms with Gasteiger partial charge in [0.25, 0.3) is 5.91 Å². The van der Waals surface area contributed by atoms with Crippen LogP contribution in [0, 0.1) is 0 Å². The Morgan fingerprint density at radius 3 is 2.71 bits per heavy atom. The highest BCUT2D eigenvalue weighted by Gasteiger charge is 2.26. The van der Waals surface area contributed by atoms with E-state index in [4.69, 9.17) is 4.52 Å². The quantitative estimate of drug-likeness (QED) is 0.693. The average Bonchev–Trinajstić information content (AvgIpc) is 3.18. The molecule has 3 aromatic rings. The third kappa shape index (κ3) is 3.11. The molecule has 0 N–H and O–H groups in total. The van der Waals surface area contributed by atoms with E-state index < -0.39 is 0 Å². The highest BCUT2D eigenvalue weighted by atomic mass is 16.5. The van der Waals surface area contributed by atoms with Crippen molar-refractivity contribution >= 4 is 22.7 Å². The van der Waals surface area contributed by atoms with Crippen molar-refractivity contribution in [1.29, 1.82) is 0 Å². The van der Waals surface area contributed by atoms with E-state index in [0.29, 0.717) is 0 Å². The Morgan fingerprint density at radius 1 is 0.964 bits per heavy atom. The number of pyridine rings is 1. The maximum absolute atomic E-state index is 12.7. The summed E-state index contributed by atoms with van der Waals surface area (Å²) in [6.07, 6.45) is 2.61. The van der Waals surface area contributed by atoms with Crippen molar-refractivity contribution < 1.29 is 9.32 Å². The van der Waals surface area contributed by atoms with E-state index >= 15 is 0 Å². The molecule has 0 bridgehead atoms. The molecule has 2 aliphatic heterocycles. The second-order valence-electron chi connectivity index (χ2n) is 7.37. The summed E-state index contributed by atoms with van der Waals surface area (Å²) in [6.45, 7) is 6.17. The van der Waals surface area contributed by atoms with Crippen LogP contribution in [-0.4, -0.2) is 71.7 Å². The number of amides is 1. The fourth-order valence-corrected chi connectivity index (χ4v) is 4.10. The van der Waals surface area contributed by atoms with E-state index in [0.717, 1.165) is 80.3 Å². The number of carbonyl (C=O) groups is 1. The van der Waals surface area contributed by atoms with Gasteiger partial charge in [-0.05, 0) is 24.3 Å². The molecule has 0 atom stereocenters. The lowest BCUT2D eigenvalue weighted by Crippen LogP contribution is -2.50. The third-order valence-electron chi connectivity index (χ3n) is 5.74. The molecule has 144 valence electrons. The topological polar surface area (TPSA) is 65.7 Å². The number of piperazine rings is 1. The van der Waals surface area contributed by atoms with E-state index in [1.54, 1.807) is 6.20 Å². The fourth-order valence-electron chi connectivity index (χ4n) is 4.10. The predicted octanol–water partition coefficient (Wildman–Crippen LogP) is 2.04. The summed E-state index contributed by atoms with van der Waals surface area (Å²) in [5, 5.41) is 5.34. The minimum atomic E-state index is 0.113. The second-order valence-corrected chi connectivity index (χ2v) is 7.37. The molecule has 2 aromatic heterocycles. The Balaban J connectivity index is 1.17. The number of carbonyl (C=O) groups excluding carboxylic acids is 1. The van der Waals surface area contributed by atoms with Gasteiger partial charge in [0.1, 0.15) is 0 Å². The molecule has 4 heterocycles. The zero-order valence-electron chi connectivity index (χ0n) is 15.8. The van der Waals surface area contributed by atoms with Crippen molar-refractivity contribution in [2.45, 2.75) is 6.42 Å². The summed E-state index contributed by atoms with van der Waals surface area (Å²) in [5.41, 5.74) is 2.52. The number of para-hydroxylation sites is 1. The van der Waals surface area contributed by atoms with Gasteiger partial charge in [-0.3, -0.25) is 14.7 Å². The molecule has 0 saturated carbocycles. The molecule has 0 unspecified atom stereocenters. The van der Waals surface area contributed by atoms with Crippen LogP contribution in [0.15, 0.2) is 47.1 Å². The number of rotatable bonds is 4. The Morgan fingerprint density at radius 2 is 1.82 bits per heavy atom. The molecular weight excluding hydrogens is 354 g/mol. The number of aromatic nitrogens is 2. The van der Waals surface area contributed by atoms with Crippen LogP contribution in [0.2, 0.25) is 0 Å². The Kier molecular flexibility index (Phi) is 4.44. The number of hydrogen-bond acceptors (Lipinski definition) is 6. The second kappa shape index (κ2) is 7.24. The van der Waals surface area contributed by atoms with Crippen molar-refractivity contribution in [3.8, 4) is 0 Å². The van der Waals surface area contributed by atoms with Gasteiger partial charge in [-0.15, -0.1) is 0 Å². The Hall–Kier alpha value is -2.93. The number of nitrogens with zero attached hydrogens (tertiary/aromatic N) is 5. The van der Waals surface area contributed by atoms with Crippen LogP contribution in [0.1, 0.15) is 16.1 Å². The Bertz CT molecular complexity index is 993. The van der Waals surface area contributed by atoms with E-state index in [-0.39, 0.29) is 5.91 Å². The SMILES string of the molecule is O=C1c2cccnc2CCN1CCN1CCN(c2noc3ccccc23)CC1. The van der Waals surface area contributed by atoms with Crippen LogP contribution in [0.25, 0.3) is 11.0 Å². The zero-order chi connectivity index (χ0) is 18.9. The smallest absolute Gasteiger partial charge is 0.255 e.